The quantitative estimate of drug-likeness (QED) is 0.584. The average Bonchev–Trinajstić information content (AvgIpc) is 3.10. The van der Waals surface area contributed by atoms with Gasteiger partial charge in [0.1, 0.15) is 0 Å². The van der Waals surface area contributed by atoms with E-state index in [4.69, 9.17) is 4.74 Å². The second-order valence-electron chi connectivity index (χ2n) is 12.2. The van der Waals surface area contributed by atoms with Crippen molar-refractivity contribution in [2.45, 2.75) is 104 Å². The van der Waals surface area contributed by atoms with E-state index in [1.54, 1.807) is 0 Å². The van der Waals surface area contributed by atoms with Crippen LogP contribution >= 0.6 is 0 Å². The third-order valence-electron chi connectivity index (χ3n) is 11.2. The van der Waals surface area contributed by atoms with Crippen molar-refractivity contribution in [2.75, 3.05) is 7.11 Å². The van der Waals surface area contributed by atoms with Gasteiger partial charge >= 0.3 is 5.97 Å². The number of ether oxygens (including phenoxy) is 1. The van der Waals surface area contributed by atoms with E-state index in [0.717, 1.165) is 32.1 Å². The molecule has 0 heterocycles. The molecule has 4 heteroatoms. The van der Waals surface area contributed by atoms with Gasteiger partial charge < -0.3 is 14.9 Å². The van der Waals surface area contributed by atoms with Gasteiger partial charge in [-0.25, -0.2) is 0 Å². The standard InChI is InChI=1S/C27H46O4/c1-6-18-22-15-17(28)11-13-27(22,4)21-12-14-26(3)19(16(2)7-10-23(29)31-5)8-9-20(26)24(21)25(18)30/h16-22,24-25,28,30H,6-15H2,1-5H3/t16-,17-,18-,19?,20?,21?,22?,24?,25-,26-,27?/m1/s1. The number of methoxy groups -OCH3 is 1. The fraction of sp³-hybridized carbons (Fsp3) is 0.963. The Morgan fingerprint density at radius 1 is 1.03 bits per heavy atom. The van der Waals surface area contributed by atoms with Gasteiger partial charge in [0.2, 0.25) is 0 Å². The molecule has 2 N–H and O–H groups in total. The van der Waals surface area contributed by atoms with Crippen molar-refractivity contribution in [3.63, 3.8) is 0 Å². The number of aliphatic hydroxyl groups is 2. The van der Waals surface area contributed by atoms with Gasteiger partial charge in [-0.15, -0.1) is 0 Å². The maximum absolute atomic E-state index is 11.8. The van der Waals surface area contributed by atoms with E-state index in [9.17, 15) is 15.0 Å². The zero-order valence-corrected chi connectivity index (χ0v) is 20.5. The van der Waals surface area contributed by atoms with Gasteiger partial charge in [-0.2, -0.15) is 0 Å². The molecular formula is C27H46O4. The first-order valence-electron chi connectivity index (χ1n) is 13.1. The van der Waals surface area contributed by atoms with Crippen LogP contribution in [-0.2, 0) is 9.53 Å². The van der Waals surface area contributed by atoms with Crippen LogP contribution in [0.3, 0.4) is 0 Å². The lowest BCUT2D eigenvalue weighted by molar-refractivity contribution is -0.203. The van der Waals surface area contributed by atoms with Crippen molar-refractivity contribution in [2.24, 2.45) is 52.3 Å². The van der Waals surface area contributed by atoms with Gasteiger partial charge in [0.25, 0.3) is 0 Å². The SMILES string of the molecule is CC[C@@H]1C2C[C@H](O)CCC2(C)C2CC[C@@]3(C)C(CCC3[C@H](C)CCC(=O)OC)C2[C@@H]1O. The Balaban J connectivity index is 1.58. The predicted molar refractivity (Wildman–Crippen MR) is 122 cm³/mol. The van der Waals surface area contributed by atoms with Gasteiger partial charge in [0, 0.05) is 6.42 Å². The van der Waals surface area contributed by atoms with Crippen molar-refractivity contribution >= 4 is 5.97 Å². The monoisotopic (exact) mass is 434 g/mol. The van der Waals surface area contributed by atoms with Crippen molar-refractivity contribution in [1.82, 2.24) is 0 Å². The van der Waals surface area contributed by atoms with E-state index in [0.29, 0.717) is 47.8 Å². The van der Waals surface area contributed by atoms with Gasteiger partial charge in [-0.05, 0) is 104 Å². The molecular weight excluding hydrogens is 388 g/mol. The minimum atomic E-state index is -0.230. The van der Waals surface area contributed by atoms with E-state index in [1.807, 2.05) is 0 Å². The van der Waals surface area contributed by atoms with Gasteiger partial charge in [0.05, 0.1) is 19.3 Å². The smallest absolute Gasteiger partial charge is 0.305 e. The minimum Gasteiger partial charge on any atom is -0.469 e. The van der Waals surface area contributed by atoms with Crippen LogP contribution in [0.15, 0.2) is 0 Å². The molecule has 4 saturated carbocycles. The van der Waals surface area contributed by atoms with E-state index in [2.05, 4.69) is 27.7 Å². The molecule has 0 spiro atoms. The lowest BCUT2D eigenvalue weighted by atomic mass is 9.41. The number of carbonyl (C=O) groups excluding carboxylic acids is 1. The molecule has 6 unspecified atom stereocenters. The Hall–Kier alpha value is -0.610. The first-order valence-corrected chi connectivity index (χ1v) is 13.1. The molecule has 31 heavy (non-hydrogen) atoms. The summed E-state index contributed by atoms with van der Waals surface area (Å²) >= 11 is 0. The largest absolute Gasteiger partial charge is 0.469 e. The van der Waals surface area contributed by atoms with Crippen LogP contribution in [0.4, 0.5) is 0 Å². The van der Waals surface area contributed by atoms with Crippen LogP contribution in [0.1, 0.15) is 91.9 Å². The van der Waals surface area contributed by atoms with E-state index < -0.39 is 0 Å². The highest BCUT2D eigenvalue weighted by atomic mass is 16.5. The molecule has 178 valence electrons. The molecule has 0 bridgehead atoms. The van der Waals surface area contributed by atoms with Crippen LogP contribution in [-0.4, -0.2) is 35.5 Å². The van der Waals surface area contributed by atoms with Crippen molar-refractivity contribution in [3.05, 3.63) is 0 Å². The summed E-state index contributed by atoms with van der Waals surface area (Å²) in [5.74, 6) is 3.41. The summed E-state index contributed by atoms with van der Waals surface area (Å²) in [4.78, 5) is 11.7. The number of esters is 1. The lowest BCUT2D eigenvalue weighted by Crippen LogP contribution is -2.62. The van der Waals surface area contributed by atoms with E-state index in [-0.39, 0.29) is 29.0 Å². The molecule has 0 aromatic heterocycles. The Morgan fingerprint density at radius 2 is 1.71 bits per heavy atom. The molecule has 4 rings (SSSR count). The zero-order chi connectivity index (χ0) is 22.6. The Bertz CT molecular complexity index is 664. The van der Waals surface area contributed by atoms with Crippen LogP contribution in [0.2, 0.25) is 0 Å². The van der Waals surface area contributed by atoms with Crippen molar-refractivity contribution in [3.8, 4) is 0 Å². The zero-order valence-electron chi connectivity index (χ0n) is 20.5. The topological polar surface area (TPSA) is 66.8 Å². The molecule has 4 nitrogen and oxygen atoms in total. The summed E-state index contributed by atoms with van der Waals surface area (Å²) in [5.41, 5.74) is 0.535. The molecule has 4 fully saturated rings. The van der Waals surface area contributed by atoms with Gasteiger partial charge in [0.15, 0.2) is 0 Å². The molecule has 0 saturated heterocycles. The van der Waals surface area contributed by atoms with Crippen molar-refractivity contribution in [1.29, 1.82) is 0 Å². The molecule has 0 aromatic carbocycles. The Morgan fingerprint density at radius 3 is 2.39 bits per heavy atom. The fourth-order valence-electron chi connectivity index (χ4n) is 9.58. The van der Waals surface area contributed by atoms with E-state index in [1.165, 1.54) is 32.8 Å². The number of rotatable bonds is 5. The summed E-state index contributed by atoms with van der Waals surface area (Å²) in [6.07, 6.45) is 9.87. The molecule has 4 aliphatic rings. The fourth-order valence-corrected chi connectivity index (χ4v) is 9.58. The molecule has 0 aliphatic heterocycles. The third-order valence-corrected chi connectivity index (χ3v) is 11.2. The second kappa shape index (κ2) is 8.63. The molecule has 4 aliphatic carbocycles. The highest BCUT2D eigenvalue weighted by Crippen LogP contribution is 2.69. The molecule has 11 atom stereocenters. The van der Waals surface area contributed by atoms with Crippen LogP contribution in [0.25, 0.3) is 0 Å². The number of fused-ring (bicyclic) bond motifs is 5. The summed E-state index contributed by atoms with van der Waals surface area (Å²) in [6, 6.07) is 0. The summed E-state index contributed by atoms with van der Waals surface area (Å²) in [6.45, 7) is 9.58. The van der Waals surface area contributed by atoms with Crippen molar-refractivity contribution < 1.29 is 19.7 Å². The van der Waals surface area contributed by atoms with Crippen LogP contribution in [0.5, 0.6) is 0 Å². The number of hydrogen-bond acceptors (Lipinski definition) is 4. The van der Waals surface area contributed by atoms with Gasteiger partial charge in [-0.3, -0.25) is 4.79 Å². The van der Waals surface area contributed by atoms with E-state index >= 15 is 0 Å². The number of hydrogen-bond donors (Lipinski definition) is 2. The first-order chi connectivity index (χ1) is 14.7. The minimum absolute atomic E-state index is 0.0952. The number of aliphatic hydroxyl groups excluding tert-OH is 2. The normalized spacial score (nSPS) is 50.2. The summed E-state index contributed by atoms with van der Waals surface area (Å²) in [7, 11) is 1.48. The summed E-state index contributed by atoms with van der Waals surface area (Å²) in [5, 5.41) is 22.2. The maximum atomic E-state index is 11.8. The molecule has 0 radical (unpaired) electrons. The molecule has 0 aromatic rings. The average molecular weight is 435 g/mol. The lowest BCUT2D eigenvalue weighted by Gasteiger charge is -2.64. The Kier molecular flexibility index (Phi) is 6.55. The highest BCUT2D eigenvalue weighted by Gasteiger charge is 2.64. The second-order valence-corrected chi connectivity index (χ2v) is 12.2. The summed E-state index contributed by atoms with van der Waals surface area (Å²) < 4.78 is 4.88. The molecule has 0 amide bonds. The van der Waals surface area contributed by atoms with Crippen LogP contribution < -0.4 is 0 Å². The predicted octanol–water partition coefficient (Wildman–Crippen LogP) is 5.20. The third kappa shape index (κ3) is 3.68. The Labute approximate surface area is 189 Å². The highest BCUT2D eigenvalue weighted by molar-refractivity contribution is 5.69. The first kappa shape index (κ1) is 23.5. The van der Waals surface area contributed by atoms with Gasteiger partial charge in [-0.1, -0.05) is 34.1 Å². The van der Waals surface area contributed by atoms with Crippen LogP contribution in [0, 0.1) is 52.3 Å². The number of carbonyl (C=O) groups is 1. The maximum Gasteiger partial charge on any atom is 0.305 e.